The zero-order valence-corrected chi connectivity index (χ0v) is 21.2. The van der Waals surface area contributed by atoms with Gasteiger partial charge in [0.25, 0.3) is 0 Å². The standard InChI is InChI=1S/C28H58N2/c1-3-5-7-9-11-13-14-16-18-20-22-28(27-30-25-23-29-24-26-30)21-19-17-15-12-10-8-6-4-2/h28-29H,3-27H2,1-2H3. The number of nitrogens with zero attached hydrogens (tertiary/aromatic N) is 1. The summed E-state index contributed by atoms with van der Waals surface area (Å²) in [5.41, 5.74) is 0. The molecule has 0 saturated carbocycles. The van der Waals surface area contributed by atoms with E-state index in [1.165, 1.54) is 161 Å². The van der Waals surface area contributed by atoms with Crippen LogP contribution in [0, 0.1) is 5.92 Å². The van der Waals surface area contributed by atoms with E-state index < -0.39 is 0 Å². The van der Waals surface area contributed by atoms with E-state index in [0.29, 0.717) is 0 Å². The van der Waals surface area contributed by atoms with Gasteiger partial charge in [-0.1, -0.05) is 129 Å². The molecule has 2 nitrogen and oxygen atoms in total. The Morgan fingerprint density at radius 1 is 0.533 bits per heavy atom. The molecule has 1 aliphatic heterocycles. The van der Waals surface area contributed by atoms with Gasteiger partial charge < -0.3 is 10.2 Å². The van der Waals surface area contributed by atoms with Gasteiger partial charge in [-0.3, -0.25) is 0 Å². The largest absolute Gasteiger partial charge is 0.314 e. The summed E-state index contributed by atoms with van der Waals surface area (Å²) >= 11 is 0. The van der Waals surface area contributed by atoms with E-state index in [1.54, 1.807) is 0 Å². The van der Waals surface area contributed by atoms with Crippen LogP contribution in [-0.4, -0.2) is 37.6 Å². The van der Waals surface area contributed by atoms with Gasteiger partial charge >= 0.3 is 0 Å². The van der Waals surface area contributed by atoms with Crippen LogP contribution in [-0.2, 0) is 0 Å². The first kappa shape index (κ1) is 28.0. The summed E-state index contributed by atoms with van der Waals surface area (Å²) in [4.78, 5) is 2.74. The summed E-state index contributed by atoms with van der Waals surface area (Å²) < 4.78 is 0. The van der Waals surface area contributed by atoms with Crippen LogP contribution in [0.3, 0.4) is 0 Å². The van der Waals surface area contributed by atoms with Crippen LogP contribution in [0.2, 0.25) is 0 Å². The first-order chi connectivity index (χ1) is 14.9. The fourth-order valence-corrected chi connectivity index (χ4v) is 5.07. The van der Waals surface area contributed by atoms with E-state index in [9.17, 15) is 0 Å². The van der Waals surface area contributed by atoms with Crippen molar-refractivity contribution in [1.82, 2.24) is 10.2 Å². The van der Waals surface area contributed by atoms with Crippen LogP contribution >= 0.6 is 0 Å². The number of piperazine rings is 1. The second-order valence-corrected chi connectivity index (χ2v) is 10.2. The Balaban J connectivity index is 2.08. The van der Waals surface area contributed by atoms with Crippen LogP contribution in [0.5, 0.6) is 0 Å². The number of nitrogens with one attached hydrogen (secondary N) is 1. The van der Waals surface area contributed by atoms with Crippen LogP contribution in [0.15, 0.2) is 0 Å². The predicted molar refractivity (Wildman–Crippen MR) is 136 cm³/mol. The Hall–Kier alpha value is -0.0800. The molecule has 1 heterocycles. The Bertz CT molecular complexity index is 325. The molecule has 0 spiro atoms. The van der Waals surface area contributed by atoms with Crippen LogP contribution in [0.25, 0.3) is 0 Å². The zero-order chi connectivity index (χ0) is 21.5. The third-order valence-corrected chi connectivity index (χ3v) is 7.16. The van der Waals surface area contributed by atoms with E-state index >= 15 is 0 Å². The lowest BCUT2D eigenvalue weighted by molar-refractivity contribution is 0.191. The molecule has 30 heavy (non-hydrogen) atoms. The van der Waals surface area contributed by atoms with Crippen LogP contribution in [0.1, 0.15) is 142 Å². The van der Waals surface area contributed by atoms with Gasteiger partial charge in [-0.15, -0.1) is 0 Å². The third-order valence-electron chi connectivity index (χ3n) is 7.16. The molecule has 0 radical (unpaired) electrons. The second kappa shape index (κ2) is 22.1. The highest BCUT2D eigenvalue weighted by Crippen LogP contribution is 2.21. The summed E-state index contributed by atoms with van der Waals surface area (Å²) in [5, 5.41) is 3.51. The molecule has 1 fully saturated rings. The van der Waals surface area contributed by atoms with Crippen molar-refractivity contribution in [3.8, 4) is 0 Å². The summed E-state index contributed by atoms with van der Waals surface area (Å²) in [6.45, 7) is 10.9. The molecule has 2 heteroatoms. The lowest BCUT2D eigenvalue weighted by Gasteiger charge is -2.31. The molecule has 1 unspecified atom stereocenters. The number of hydrogen-bond donors (Lipinski definition) is 1. The highest BCUT2D eigenvalue weighted by Gasteiger charge is 2.16. The maximum Gasteiger partial charge on any atom is 0.0107 e. The highest BCUT2D eigenvalue weighted by atomic mass is 15.2. The minimum absolute atomic E-state index is 0.956. The van der Waals surface area contributed by atoms with Crippen LogP contribution in [0.4, 0.5) is 0 Å². The van der Waals surface area contributed by atoms with Gasteiger partial charge in [0.05, 0.1) is 0 Å². The molecule has 0 aromatic rings. The molecule has 0 aromatic heterocycles. The normalized spacial score (nSPS) is 16.2. The van der Waals surface area contributed by atoms with Crippen molar-refractivity contribution in [3.63, 3.8) is 0 Å². The lowest BCUT2D eigenvalue weighted by atomic mass is 9.93. The molecule has 0 aliphatic carbocycles. The quantitative estimate of drug-likeness (QED) is 0.176. The fraction of sp³-hybridized carbons (Fsp3) is 1.00. The number of hydrogen-bond acceptors (Lipinski definition) is 2. The second-order valence-electron chi connectivity index (χ2n) is 10.2. The molecule has 1 rings (SSSR count). The average Bonchev–Trinajstić information content (AvgIpc) is 2.77. The van der Waals surface area contributed by atoms with Gasteiger partial charge in [0.2, 0.25) is 0 Å². The summed E-state index contributed by atoms with van der Waals surface area (Å²) in [7, 11) is 0. The molecule has 1 saturated heterocycles. The van der Waals surface area contributed by atoms with E-state index in [-0.39, 0.29) is 0 Å². The zero-order valence-electron chi connectivity index (χ0n) is 21.2. The molecule has 180 valence electrons. The Kier molecular flexibility index (Phi) is 20.6. The Morgan fingerprint density at radius 3 is 1.30 bits per heavy atom. The number of rotatable bonds is 22. The minimum atomic E-state index is 0.956. The fourth-order valence-electron chi connectivity index (χ4n) is 5.07. The monoisotopic (exact) mass is 422 g/mol. The van der Waals surface area contributed by atoms with E-state index in [2.05, 4.69) is 24.1 Å². The van der Waals surface area contributed by atoms with Gasteiger partial charge in [0.15, 0.2) is 0 Å². The maximum absolute atomic E-state index is 3.51. The molecular formula is C28H58N2. The maximum atomic E-state index is 3.51. The SMILES string of the molecule is CCCCCCCCCCCCC(CCCCCCCCCC)CN1CCNCC1. The lowest BCUT2D eigenvalue weighted by Crippen LogP contribution is -2.45. The third kappa shape index (κ3) is 17.6. The van der Waals surface area contributed by atoms with Crippen molar-refractivity contribution >= 4 is 0 Å². The van der Waals surface area contributed by atoms with Gasteiger partial charge in [-0.25, -0.2) is 0 Å². The van der Waals surface area contributed by atoms with Crippen molar-refractivity contribution in [3.05, 3.63) is 0 Å². The van der Waals surface area contributed by atoms with Crippen molar-refractivity contribution in [2.45, 2.75) is 142 Å². The first-order valence-corrected chi connectivity index (χ1v) is 14.3. The predicted octanol–water partition coefficient (Wildman–Crippen LogP) is 8.35. The van der Waals surface area contributed by atoms with E-state index in [0.717, 1.165) is 5.92 Å². The minimum Gasteiger partial charge on any atom is -0.314 e. The van der Waals surface area contributed by atoms with Gasteiger partial charge in [0, 0.05) is 32.7 Å². The van der Waals surface area contributed by atoms with Crippen molar-refractivity contribution in [1.29, 1.82) is 0 Å². The van der Waals surface area contributed by atoms with Crippen molar-refractivity contribution in [2.24, 2.45) is 5.92 Å². The molecule has 1 N–H and O–H groups in total. The van der Waals surface area contributed by atoms with E-state index in [1.807, 2.05) is 0 Å². The van der Waals surface area contributed by atoms with Gasteiger partial charge in [0.1, 0.15) is 0 Å². The summed E-state index contributed by atoms with van der Waals surface area (Å²) in [6.07, 6.45) is 29.2. The molecule has 0 aromatic carbocycles. The van der Waals surface area contributed by atoms with Crippen molar-refractivity contribution in [2.75, 3.05) is 32.7 Å². The average molecular weight is 423 g/mol. The molecule has 1 atom stereocenters. The molecular weight excluding hydrogens is 364 g/mol. The van der Waals surface area contributed by atoms with E-state index in [4.69, 9.17) is 0 Å². The van der Waals surface area contributed by atoms with Crippen molar-refractivity contribution < 1.29 is 0 Å². The Morgan fingerprint density at radius 2 is 0.900 bits per heavy atom. The van der Waals surface area contributed by atoms with Crippen LogP contribution < -0.4 is 5.32 Å². The first-order valence-electron chi connectivity index (χ1n) is 14.3. The highest BCUT2D eigenvalue weighted by molar-refractivity contribution is 4.72. The Labute approximate surface area is 191 Å². The molecule has 0 amide bonds. The van der Waals surface area contributed by atoms with Gasteiger partial charge in [-0.05, 0) is 18.8 Å². The topological polar surface area (TPSA) is 15.3 Å². The molecule has 1 aliphatic rings. The number of unbranched alkanes of at least 4 members (excludes halogenated alkanes) is 16. The molecule has 0 bridgehead atoms. The summed E-state index contributed by atoms with van der Waals surface area (Å²) in [6, 6.07) is 0. The smallest absolute Gasteiger partial charge is 0.0107 e. The summed E-state index contributed by atoms with van der Waals surface area (Å²) in [5.74, 6) is 0.956. The van der Waals surface area contributed by atoms with Gasteiger partial charge in [-0.2, -0.15) is 0 Å².